The van der Waals surface area contributed by atoms with E-state index in [0.717, 1.165) is 12.8 Å². The molecule has 29 heavy (non-hydrogen) atoms. The van der Waals surface area contributed by atoms with E-state index in [9.17, 15) is 18.0 Å². The molecule has 0 unspecified atom stereocenters. The van der Waals surface area contributed by atoms with Crippen LogP contribution >= 0.6 is 0 Å². The number of carbonyl (C=O) groups is 2. The van der Waals surface area contributed by atoms with Crippen molar-refractivity contribution in [2.75, 3.05) is 18.4 Å². The molecule has 1 aliphatic heterocycles. The molecule has 3 rings (SSSR count). The van der Waals surface area contributed by atoms with E-state index < -0.39 is 16.0 Å². The minimum absolute atomic E-state index is 0.170. The Kier molecular flexibility index (Phi) is 6.34. The number of amides is 1. The molecule has 0 spiro atoms. The summed E-state index contributed by atoms with van der Waals surface area (Å²) in [6.07, 6.45) is 1.70. The van der Waals surface area contributed by atoms with Crippen molar-refractivity contribution in [1.82, 2.24) is 4.31 Å². The Morgan fingerprint density at radius 2 is 1.59 bits per heavy atom. The molecule has 0 saturated carbocycles. The summed E-state index contributed by atoms with van der Waals surface area (Å²) in [5.74, 6) is 0.0750. The van der Waals surface area contributed by atoms with Crippen molar-refractivity contribution in [3.8, 4) is 5.75 Å². The van der Waals surface area contributed by atoms with Gasteiger partial charge in [0, 0.05) is 25.7 Å². The highest BCUT2D eigenvalue weighted by Crippen LogP contribution is 2.24. The number of rotatable bonds is 5. The lowest BCUT2D eigenvalue weighted by molar-refractivity contribution is -0.114. The highest BCUT2D eigenvalue weighted by atomic mass is 32.2. The number of hydrogen-bond acceptors (Lipinski definition) is 5. The number of piperidine rings is 1. The number of nitrogens with zero attached hydrogens (tertiary/aromatic N) is 1. The van der Waals surface area contributed by atoms with E-state index in [1.807, 2.05) is 0 Å². The molecule has 1 amide bonds. The van der Waals surface area contributed by atoms with Gasteiger partial charge in [0.1, 0.15) is 5.75 Å². The van der Waals surface area contributed by atoms with Gasteiger partial charge in [-0.3, -0.25) is 4.79 Å². The molecule has 0 radical (unpaired) electrons. The second kappa shape index (κ2) is 8.75. The van der Waals surface area contributed by atoms with Gasteiger partial charge < -0.3 is 10.1 Å². The smallest absolute Gasteiger partial charge is 0.343 e. The minimum Gasteiger partial charge on any atom is -0.423 e. The molecule has 1 saturated heterocycles. The van der Waals surface area contributed by atoms with Crippen LogP contribution in [0.3, 0.4) is 0 Å². The summed E-state index contributed by atoms with van der Waals surface area (Å²) >= 11 is 0. The van der Waals surface area contributed by atoms with Gasteiger partial charge in [-0.05, 0) is 67.3 Å². The molecule has 2 aromatic rings. The van der Waals surface area contributed by atoms with E-state index in [0.29, 0.717) is 30.4 Å². The summed E-state index contributed by atoms with van der Waals surface area (Å²) in [6.45, 7) is 4.56. The Balaban J connectivity index is 1.66. The zero-order chi connectivity index (χ0) is 21.0. The van der Waals surface area contributed by atoms with Crippen molar-refractivity contribution in [3.63, 3.8) is 0 Å². The third kappa shape index (κ3) is 5.21. The Bertz CT molecular complexity index is 977. The van der Waals surface area contributed by atoms with Crippen molar-refractivity contribution in [1.29, 1.82) is 0 Å². The van der Waals surface area contributed by atoms with Crippen LogP contribution in [0.25, 0.3) is 0 Å². The monoisotopic (exact) mass is 416 g/mol. The van der Waals surface area contributed by atoms with Crippen LogP contribution in [0.4, 0.5) is 5.69 Å². The molecular formula is C21H24N2O5S. The standard InChI is InChI=1S/C21H24N2O5S/c1-15-11-13-23(14-12-15)29(26,27)20-9-3-17(4-10-20)21(25)28-19-7-5-18(6-8-19)22-16(2)24/h3-10,15H,11-14H2,1-2H3,(H,22,24). The number of sulfonamides is 1. The van der Waals surface area contributed by atoms with Crippen LogP contribution in [-0.2, 0) is 14.8 Å². The van der Waals surface area contributed by atoms with Gasteiger partial charge in [0.2, 0.25) is 15.9 Å². The first-order valence-electron chi connectivity index (χ1n) is 9.46. The quantitative estimate of drug-likeness (QED) is 0.596. The number of ether oxygens (including phenoxy) is 1. The molecule has 7 nitrogen and oxygen atoms in total. The first kappa shape index (κ1) is 21.0. The third-order valence-corrected chi connectivity index (χ3v) is 6.77. The Hall–Kier alpha value is -2.71. The van der Waals surface area contributed by atoms with Crippen LogP contribution in [0.15, 0.2) is 53.4 Å². The Morgan fingerprint density at radius 3 is 2.14 bits per heavy atom. The van der Waals surface area contributed by atoms with Gasteiger partial charge in [0.15, 0.2) is 0 Å². The molecule has 0 aliphatic carbocycles. The van der Waals surface area contributed by atoms with Crippen LogP contribution < -0.4 is 10.1 Å². The summed E-state index contributed by atoms with van der Waals surface area (Å²) < 4.78 is 32.3. The van der Waals surface area contributed by atoms with Gasteiger partial charge in [0.05, 0.1) is 10.5 Å². The fourth-order valence-electron chi connectivity index (χ4n) is 3.11. The van der Waals surface area contributed by atoms with Gasteiger partial charge >= 0.3 is 5.97 Å². The number of esters is 1. The van der Waals surface area contributed by atoms with Crippen molar-refractivity contribution in [2.45, 2.75) is 31.6 Å². The highest BCUT2D eigenvalue weighted by Gasteiger charge is 2.28. The molecule has 1 aliphatic rings. The average molecular weight is 416 g/mol. The first-order chi connectivity index (χ1) is 13.8. The number of nitrogens with one attached hydrogen (secondary N) is 1. The SMILES string of the molecule is CC(=O)Nc1ccc(OC(=O)c2ccc(S(=O)(=O)N3CCC(C)CC3)cc2)cc1. The maximum atomic E-state index is 12.8. The second-order valence-corrected chi connectivity index (χ2v) is 9.14. The molecule has 0 bridgehead atoms. The predicted octanol–water partition coefficient (Wildman–Crippen LogP) is 3.28. The van der Waals surface area contributed by atoms with Crippen LogP contribution in [0.1, 0.15) is 37.0 Å². The van der Waals surface area contributed by atoms with Gasteiger partial charge in [0.25, 0.3) is 0 Å². The average Bonchev–Trinajstić information content (AvgIpc) is 2.69. The molecule has 0 atom stereocenters. The zero-order valence-corrected chi connectivity index (χ0v) is 17.2. The summed E-state index contributed by atoms with van der Waals surface area (Å²) in [4.78, 5) is 23.5. The van der Waals surface area contributed by atoms with Crippen LogP contribution in [0.2, 0.25) is 0 Å². The lowest BCUT2D eigenvalue weighted by Crippen LogP contribution is -2.37. The molecule has 154 valence electrons. The number of carbonyl (C=O) groups excluding carboxylic acids is 2. The molecule has 8 heteroatoms. The lowest BCUT2D eigenvalue weighted by Gasteiger charge is -2.29. The van der Waals surface area contributed by atoms with E-state index in [-0.39, 0.29) is 16.4 Å². The van der Waals surface area contributed by atoms with Crippen LogP contribution in [-0.4, -0.2) is 37.7 Å². The first-order valence-corrected chi connectivity index (χ1v) is 10.9. The van der Waals surface area contributed by atoms with Gasteiger partial charge in [-0.15, -0.1) is 0 Å². The second-order valence-electron chi connectivity index (χ2n) is 7.21. The molecule has 2 aromatic carbocycles. The number of benzene rings is 2. The topological polar surface area (TPSA) is 92.8 Å². The minimum atomic E-state index is -3.55. The molecule has 1 N–H and O–H groups in total. The number of hydrogen-bond donors (Lipinski definition) is 1. The Labute approximate surface area is 170 Å². The molecule has 0 aromatic heterocycles. The van der Waals surface area contributed by atoms with E-state index in [2.05, 4.69) is 12.2 Å². The highest BCUT2D eigenvalue weighted by molar-refractivity contribution is 7.89. The third-order valence-electron chi connectivity index (χ3n) is 4.86. The largest absolute Gasteiger partial charge is 0.423 e. The maximum absolute atomic E-state index is 12.8. The molecule has 1 heterocycles. The summed E-state index contributed by atoms with van der Waals surface area (Å²) in [5.41, 5.74) is 0.848. The fraction of sp³-hybridized carbons (Fsp3) is 0.333. The van der Waals surface area contributed by atoms with E-state index in [1.54, 1.807) is 24.3 Å². The molecule has 1 fully saturated rings. The predicted molar refractivity (Wildman–Crippen MR) is 109 cm³/mol. The van der Waals surface area contributed by atoms with Crippen molar-refractivity contribution in [2.24, 2.45) is 5.92 Å². The van der Waals surface area contributed by atoms with Gasteiger partial charge in [-0.2, -0.15) is 4.31 Å². The lowest BCUT2D eigenvalue weighted by atomic mass is 10.0. The van der Waals surface area contributed by atoms with E-state index >= 15 is 0 Å². The normalized spacial score (nSPS) is 15.7. The van der Waals surface area contributed by atoms with Gasteiger partial charge in [-0.1, -0.05) is 6.92 Å². The van der Waals surface area contributed by atoms with Crippen molar-refractivity contribution in [3.05, 3.63) is 54.1 Å². The van der Waals surface area contributed by atoms with Gasteiger partial charge in [-0.25, -0.2) is 13.2 Å². The Morgan fingerprint density at radius 1 is 1.00 bits per heavy atom. The maximum Gasteiger partial charge on any atom is 0.343 e. The van der Waals surface area contributed by atoms with Crippen LogP contribution in [0.5, 0.6) is 5.75 Å². The van der Waals surface area contributed by atoms with E-state index in [1.165, 1.54) is 35.5 Å². The summed E-state index contributed by atoms with van der Waals surface area (Å²) in [5, 5.41) is 2.63. The van der Waals surface area contributed by atoms with Crippen LogP contribution in [0, 0.1) is 5.92 Å². The zero-order valence-electron chi connectivity index (χ0n) is 16.4. The molecular weight excluding hydrogens is 392 g/mol. The summed E-state index contributed by atoms with van der Waals surface area (Å²) in [7, 11) is -3.55. The van der Waals surface area contributed by atoms with E-state index in [4.69, 9.17) is 4.74 Å². The fourth-order valence-corrected chi connectivity index (χ4v) is 4.58. The van der Waals surface area contributed by atoms with Crippen molar-refractivity contribution >= 4 is 27.6 Å². The number of anilines is 1. The van der Waals surface area contributed by atoms with Crippen molar-refractivity contribution < 1.29 is 22.7 Å². The summed E-state index contributed by atoms with van der Waals surface area (Å²) in [6, 6.07) is 12.2.